The first-order chi connectivity index (χ1) is 10.1. The number of halogens is 1. The summed E-state index contributed by atoms with van der Waals surface area (Å²) in [7, 11) is 3.47. The summed E-state index contributed by atoms with van der Waals surface area (Å²) in [5.41, 5.74) is 1.29. The van der Waals surface area contributed by atoms with Crippen LogP contribution in [-0.2, 0) is 4.74 Å². The van der Waals surface area contributed by atoms with Crippen LogP contribution in [-0.4, -0.2) is 52.7 Å². The Hall–Kier alpha value is -1.66. The zero-order valence-electron chi connectivity index (χ0n) is 12.0. The van der Waals surface area contributed by atoms with Crippen LogP contribution in [0.1, 0.15) is 29.4 Å². The van der Waals surface area contributed by atoms with E-state index in [9.17, 15) is 4.79 Å². The van der Waals surface area contributed by atoms with Crippen LogP contribution in [0.4, 0.5) is 0 Å². The van der Waals surface area contributed by atoms with E-state index in [0.717, 1.165) is 24.8 Å². The van der Waals surface area contributed by atoms with Gasteiger partial charge in [0.25, 0.3) is 5.91 Å². The first-order valence-electron chi connectivity index (χ1n) is 6.91. The third-order valence-electron chi connectivity index (χ3n) is 3.67. The number of amides is 1. The van der Waals surface area contributed by atoms with Gasteiger partial charge in [-0.15, -0.1) is 0 Å². The normalized spacial score (nSPS) is 18.9. The highest BCUT2D eigenvalue weighted by molar-refractivity contribution is 6.28. The van der Waals surface area contributed by atoms with Crippen LogP contribution in [0.2, 0.25) is 5.28 Å². The molecule has 3 heterocycles. The molecule has 21 heavy (non-hydrogen) atoms. The number of fused-ring (bicyclic) bond motifs is 1. The maximum atomic E-state index is 12.4. The van der Waals surface area contributed by atoms with Crippen molar-refractivity contribution in [2.75, 3.05) is 27.3 Å². The molecule has 0 bridgehead atoms. The Kier molecular flexibility index (Phi) is 3.82. The Morgan fingerprint density at radius 2 is 2.33 bits per heavy atom. The Bertz CT molecular complexity index is 677. The summed E-state index contributed by atoms with van der Waals surface area (Å²) in [5, 5.41) is 0.998. The molecule has 0 saturated carbocycles. The van der Waals surface area contributed by atoms with Crippen LogP contribution in [0, 0.1) is 0 Å². The number of carbonyl (C=O) groups excluding carboxylic acids is 1. The van der Waals surface area contributed by atoms with E-state index in [0.29, 0.717) is 17.9 Å². The van der Waals surface area contributed by atoms with Crippen LogP contribution in [0.25, 0.3) is 11.0 Å². The zero-order valence-corrected chi connectivity index (χ0v) is 12.8. The van der Waals surface area contributed by atoms with Crippen LogP contribution in [0.3, 0.4) is 0 Å². The van der Waals surface area contributed by atoms with E-state index in [1.807, 2.05) is 10.6 Å². The lowest BCUT2D eigenvalue weighted by Crippen LogP contribution is -2.29. The van der Waals surface area contributed by atoms with Gasteiger partial charge in [-0.25, -0.2) is 4.98 Å². The molecule has 6 nitrogen and oxygen atoms in total. The molecule has 112 valence electrons. The van der Waals surface area contributed by atoms with Gasteiger partial charge in [0, 0.05) is 32.3 Å². The Labute approximate surface area is 127 Å². The lowest BCUT2D eigenvalue weighted by atomic mass is 10.1. The fourth-order valence-corrected chi connectivity index (χ4v) is 2.81. The van der Waals surface area contributed by atoms with Gasteiger partial charge in [0.2, 0.25) is 5.28 Å². The molecule has 0 aliphatic carbocycles. The predicted octanol–water partition coefficient (Wildman–Crippen LogP) is 2.14. The highest BCUT2D eigenvalue weighted by Gasteiger charge is 2.25. The average molecular weight is 309 g/mol. The summed E-state index contributed by atoms with van der Waals surface area (Å²) in [6, 6.07) is 1.92. The number of ether oxygens (including phenoxy) is 1. The van der Waals surface area contributed by atoms with Crippen LogP contribution >= 0.6 is 11.6 Å². The largest absolute Gasteiger partial charge is 0.379 e. The van der Waals surface area contributed by atoms with Crippen molar-refractivity contribution in [2.45, 2.75) is 18.9 Å². The van der Waals surface area contributed by atoms with Crippen molar-refractivity contribution in [3.8, 4) is 0 Å². The summed E-state index contributed by atoms with van der Waals surface area (Å²) in [4.78, 5) is 22.3. The fourth-order valence-electron chi connectivity index (χ4n) is 2.68. The van der Waals surface area contributed by atoms with Crippen molar-refractivity contribution in [2.24, 2.45) is 0 Å². The molecule has 1 unspecified atom stereocenters. The van der Waals surface area contributed by atoms with Gasteiger partial charge in [0.05, 0.1) is 12.6 Å². The van der Waals surface area contributed by atoms with Gasteiger partial charge >= 0.3 is 0 Å². The van der Waals surface area contributed by atoms with Crippen molar-refractivity contribution in [1.29, 1.82) is 0 Å². The SMILES string of the molecule is CN(C)C(=O)c1cc2cnc(Cl)nc2n1C1CCCOC1. The third kappa shape index (κ3) is 2.61. The monoisotopic (exact) mass is 308 g/mol. The highest BCUT2D eigenvalue weighted by Crippen LogP contribution is 2.28. The number of aromatic nitrogens is 3. The van der Waals surface area contributed by atoms with Crippen LogP contribution < -0.4 is 0 Å². The van der Waals surface area contributed by atoms with Crippen LogP contribution in [0.15, 0.2) is 12.3 Å². The number of nitrogens with zero attached hydrogens (tertiary/aromatic N) is 4. The second-order valence-electron chi connectivity index (χ2n) is 5.39. The summed E-state index contributed by atoms with van der Waals surface area (Å²) >= 11 is 5.92. The van der Waals surface area contributed by atoms with Crippen molar-refractivity contribution >= 4 is 28.5 Å². The van der Waals surface area contributed by atoms with E-state index in [1.54, 1.807) is 25.2 Å². The molecule has 1 fully saturated rings. The molecule has 1 atom stereocenters. The summed E-state index contributed by atoms with van der Waals surface area (Å²) in [6.45, 7) is 1.35. The molecular formula is C14H17ClN4O2. The van der Waals surface area contributed by atoms with Crippen molar-refractivity contribution in [3.05, 3.63) is 23.2 Å². The molecule has 0 spiro atoms. The number of rotatable bonds is 2. The van der Waals surface area contributed by atoms with Gasteiger partial charge < -0.3 is 14.2 Å². The Morgan fingerprint density at radius 1 is 1.52 bits per heavy atom. The Balaban J connectivity index is 2.18. The van der Waals surface area contributed by atoms with E-state index in [1.165, 1.54) is 0 Å². The summed E-state index contributed by atoms with van der Waals surface area (Å²) in [5.74, 6) is -0.0605. The first kappa shape index (κ1) is 14.3. The van der Waals surface area contributed by atoms with Gasteiger partial charge in [0.15, 0.2) is 0 Å². The van der Waals surface area contributed by atoms with Gasteiger partial charge in [0.1, 0.15) is 11.3 Å². The average Bonchev–Trinajstić information content (AvgIpc) is 2.85. The third-order valence-corrected chi connectivity index (χ3v) is 3.86. The minimum Gasteiger partial charge on any atom is -0.379 e. The minimum atomic E-state index is -0.0605. The van der Waals surface area contributed by atoms with E-state index >= 15 is 0 Å². The lowest BCUT2D eigenvalue weighted by Gasteiger charge is -2.26. The Morgan fingerprint density at radius 3 is 3.00 bits per heavy atom. The quantitative estimate of drug-likeness (QED) is 0.798. The van der Waals surface area contributed by atoms with Crippen LogP contribution in [0.5, 0.6) is 0 Å². The standard InChI is InChI=1S/C14H17ClN4O2/c1-18(2)13(20)11-6-9-7-16-14(15)17-12(9)19(11)10-4-3-5-21-8-10/h6-7,10H,3-5,8H2,1-2H3. The molecule has 1 aliphatic rings. The maximum absolute atomic E-state index is 12.4. The highest BCUT2D eigenvalue weighted by atomic mass is 35.5. The molecule has 0 aromatic carbocycles. The topological polar surface area (TPSA) is 60.2 Å². The van der Waals surface area contributed by atoms with Crippen molar-refractivity contribution in [1.82, 2.24) is 19.4 Å². The summed E-state index contributed by atoms with van der Waals surface area (Å²) in [6.07, 6.45) is 3.58. The van der Waals surface area contributed by atoms with E-state index < -0.39 is 0 Å². The molecule has 2 aromatic rings. The molecule has 3 rings (SSSR count). The second kappa shape index (κ2) is 5.61. The molecule has 1 amide bonds. The van der Waals surface area contributed by atoms with Gasteiger partial charge in [-0.2, -0.15) is 4.98 Å². The minimum absolute atomic E-state index is 0.0605. The lowest BCUT2D eigenvalue weighted by molar-refractivity contribution is 0.0577. The summed E-state index contributed by atoms with van der Waals surface area (Å²) < 4.78 is 7.51. The fraction of sp³-hybridized carbons (Fsp3) is 0.500. The van der Waals surface area contributed by atoms with E-state index in [4.69, 9.17) is 16.3 Å². The van der Waals surface area contributed by atoms with Gasteiger partial charge in [-0.05, 0) is 30.5 Å². The van der Waals surface area contributed by atoms with E-state index in [-0.39, 0.29) is 17.2 Å². The predicted molar refractivity (Wildman–Crippen MR) is 79.6 cm³/mol. The smallest absolute Gasteiger partial charge is 0.270 e. The molecule has 7 heteroatoms. The van der Waals surface area contributed by atoms with Crippen molar-refractivity contribution in [3.63, 3.8) is 0 Å². The molecule has 0 radical (unpaired) electrons. The number of carbonyl (C=O) groups is 1. The zero-order chi connectivity index (χ0) is 15.0. The molecule has 1 saturated heterocycles. The number of hydrogen-bond donors (Lipinski definition) is 0. The van der Waals surface area contributed by atoms with E-state index in [2.05, 4.69) is 9.97 Å². The molecule has 0 N–H and O–H groups in total. The molecular weight excluding hydrogens is 292 g/mol. The number of hydrogen-bond acceptors (Lipinski definition) is 4. The maximum Gasteiger partial charge on any atom is 0.270 e. The van der Waals surface area contributed by atoms with Gasteiger partial charge in [-0.3, -0.25) is 4.79 Å². The molecule has 2 aromatic heterocycles. The molecule has 1 aliphatic heterocycles. The first-order valence-corrected chi connectivity index (χ1v) is 7.28. The van der Waals surface area contributed by atoms with Gasteiger partial charge in [-0.1, -0.05) is 0 Å². The van der Waals surface area contributed by atoms with Crippen molar-refractivity contribution < 1.29 is 9.53 Å². The second-order valence-corrected chi connectivity index (χ2v) is 5.73.